The third-order valence-corrected chi connectivity index (χ3v) is 4.28. The zero-order chi connectivity index (χ0) is 14.7. The topological polar surface area (TPSA) is 71.2 Å². The van der Waals surface area contributed by atoms with E-state index in [9.17, 15) is 4.79 Å². The van der Waals surface area contributed by atoms with E-state index in [1.807, 2.05) is 24.4 Å². The number of hydrogen-bond acceptors (Lipinski definition) is 5. The first-order chi connectivity index (χ1) is 9.52. The summed E-state index contributed by atoms with van der Waals surface area (Å²) in [5, 5.41) is 2.21. The lowest BCUT2D eigenvalue weighted by Gasteiger charge is -2.24. The molecule has 0 spiro atoms. The number of amides is 1. The molecule has 1 atom stereocenters. The Balaban J connectivity index is 2.24. The molecule has 0 saturated carbocycles. The lowest BCUT2D eigenvalue weighted by atomic mass is 10.2. The molecule has 0 aliphatic carbocycles. The van der Waals surface area contributed by atoms with E-state index >= 15 is 0 Å². The van der Waals surface area contributed by atoms with Crippen molar-refractivity contribution in [2.75, 3.05) is 12.5 Å². The number of carbonyl (C=O) groups is 1. The fraction of sp³-hybridized carbons (Fsp3) is 0.231. The number of nitrogen functional groups attached to an aromatic ring is 1. The molecule has 0 aliphatic rings. The van der Waals surface area contributed by atoms with Crippen LogP contribution in [0.3, 0.4) is 0 Å². The molecule has 0 bridgehead atoms. The van der Waals surface area contributed by atoms with Crippen molar-refractivity contribution in [3.05, 3.63) is 45.2 Å². The van der Waals surface area contributed by atoms with Crippen molar-refractivity contribution < 1.29 is 4.79 Å². The second-order valence-corrected chi connectivity index (χ2v) is 5.68. The van der Waals surface area contributed by atoms with Crippen LogP contribution in [0.5, 0.6) is 0 Å². The molecule has 2 heterocycles. The first kappa shape index (κ1) is 14.8. The number of thiophene rings is 1. The standard InChI is InChI=1S/C13H15ClN4OS/c1-8(10-4-3-5-20-10)18(2)13(19)9-6-11(14)16-12(7-9)17-15/h3-8H,15H2,1-2H3,(H,16,17). The molecule has 20 heavy (non-hydrogen) atoms. The molecule has 5 nitrogen and oxygen atoms in total. The fourth-order valence-corrected chi connectivity index (χ4v) is 2.83. The Hall–Kier alpha value is -1.63. The van der Waals surface area contributed by atoms with Crippen LogP contribution >= 0.6 is 22.9 Å². The van der Waals surface area contributed by atoms with E-state index in [-0.39, 0.29) is 17.1 Å². The van der Waals surface area contributed by atoms with Gasteiger partial charge in [-0.1, -0.05) is 17.7 Å². The van der Waals surface area contributed by atoms with Gasteiger partial charge in [0, 0.05) is 17.5 Å². The first-order valence-corrected chi connectivity index (χ1v) is 7.23. The van der Waals surface area contributed by atoms with Crippen molar-refractivity contribution in [1.29, 1.82) is 0 Å². The molecule has 0 fully saturated rings. The highest BCUT2D eigenvalue weighted by Crippen LogP contribution is 2.25. The molecular weight excluding hydrogens is 296 g/mol. The Labute approximate surface area is 126 Å². The lowest BCUT2D eigenvalue weighted by Crippen LogP contribution is -2.29. The van der Waals surface area contributed by atoms with Crippen molar-refractivity contribution in [2.45, 2.75) is 13.0 Å². The van der Waals surface area contributed by atoms with E-state index in [1.165, 1.54) is 6.07 Å². The number of pyridine rings is 1. The number of nitrogens with zero attached hydrogens (tertiary/aromatic N) is 2. The maximum absolute atomic E-state index is 12.5. The Kier molecular flexibility index (Phi) is 4.59. The number of halogens is 1. The number of hydrogen-bond donors (Lipinski definition) is 2. The smallest absolute Gasteiger partial charge is 0.254 e. The van der Waals surface area contributed by atoms with Gasteiger partial charge >= 0.3 is 0 Å². The monoisotopic (exact) mass is 310 g/mol. The van der Waals surface area contributed by atoms with E-state index in [1.54, 1.807) is 29.4 Å². The van der Waals surface area contributed by atoms with Crippen molar-refractivity contribution in [3.63, 3.8) is 0 Å². The minimum Gasteiger partial charge on any atom is -0.334 e. The van der Waals surface area contributed by atoms with Gasteiger partial charge in [-0.25, -0.2) is 10.8 Å². The number of rotatable bonds is 4. The maximum atomic E-state index is 12.5. The summed E-state index contributed by atoms with van der Waals surface area (Å²) in [6, 6.07) is 7.07. The van der Waals surface area contributed by atoms with Gasteiger partial charge in [-0.3, -0.25) is 4.79 Å². The molecule has 2 rings (SSSR count). The van der Waals surface area contributed by atoms with Crippen LogP contribution in [0.25, 0.3) is 0 Å². The van der Waals surface area contributed by atoms with Crippen LogP contribution in [-0.2, 0) is 0 Å². The van der Waals surface area contributed by atoms with Crippen LogP contribution in [0.2, 0.25) is 5.15 Å². The van der Waals surface area contributed by atoms with Crippen molar-refractivity contribution >= 4 is 34.7 Å². The second-order valence-electron chi connectivity index (χ2n) is 4.32. The Morgan fingerprint density at radius 1 is 1.55 bits per heavy atom. The molecule has 0 radical (unpaired) electrons. The van der Waals surface area contributed by atoms with Gasteiger partial charge in [-0.2, -0.15) is 0 Å². The average molecular weight is 311 g/mol. The molecule has 0 aromatic carbocycles. The van der Waals surface area contributed by atoms with Gasteiger partial charge in [-0.05, 0) is 30.5 Å². The normalized spacial score (nSPS) is 12.0. The predicted molar refractivity (Wildman–Crippen MR) is 81.9 cm³/mol. The summed E-state index contributed by atoms with van der Waals surface area (Å²) in [6.07, 6.45) is 0. The first-order valence-electron chi connectivity index (χ1n) is 5.97. The number of nitrogens with two attached hydrogens (primary N) is 1. The molecule has 2 aromatic heterocycles. The summed E-state index contributed by atoms with van der Waals surface area (Å²) in [7, 11) is 1.76. The number of nitrogens with one attached hydrogen (secondary N) is 1. The second kappa shape index (κ2) is 6.21. The summed E-state index contributed by atoms with van der Waals surface area (Å²) in [5.41, 5.74) is 2.84. The quantitative estimate of drug-likeness (QED) is 0.517. The Morgan fingerprint density at radius 2 is 2.30 bits per heavy atom. The molecule has 1 unspecified atom stereocenters. The number of carbonyl (C=O) groups excluding carboxylic acids is 1. The van der Waals surface area contributed by atoms with Crippen molar-refractivity contribution in [1.82, 2.24) is 9.88 Å². The number of anilines is 1. The van der Waals surface area contributed by atoms with E-state index in [0.29, 0.717) is 11.4 Å². The average Bonchev–Trinajstić information content (AvgIpc) is 2.98. The third-order valence-electron chi connectivity index (χ3n) is 3.05. The molecule has 1 amide bonds. The minimum absolute atomic E-state index is 0.0104. The zero-order valence-corrected chi connectivity index (χ0v) is 12.7. The van der Waals surface area contributed by atoms with E-state index < -0.39 is 0 Å². The maximum Gasteiger partial charge on any atom is 0.254 e. The molecule has 2 aromatic rings. The highest BCUT2D eigenvalue weighted by atomic mass is 35.5. The Morgan fingerprint density at radius 3 is 2.90 bits per heavy atom. The van der Waals surface area contributed by atoms with E-state index in [2.05, 4.69) is 10.4 Å². The van der Waals surface area contributed by atoms with Gasteiger partial charge in [0.05, 0.1) is 6.04 Å². The summed E-state index contributed by atoms with van der Waals surface area (Å²) in [6.45, 7) is 1.98. The van der Waals surface area contributed by atoms with Crippen LogP contribution in [0.1, 0.15) is 28.2 Å². The Bertz CT molecular complexity index is 602. The van der Waals surface area contributed by atoms with Crippen molar-refractivity contribution in [3.8, 4) is 0 Å². The van der Waals surface area contributed by atoms with E-state index in [4.69, 9.17) is 17.4 Å². The van der Waals surface area contributed by atoms with Gasteiger partial charge in [0.2, 0.25) is 0 Å². The fourth-order valence-electron chi connectivity index (χ4n) is 1.79. The SMILES string of the molecule is CC(c1cccs1)N(C)C(=O)c1cc(Cl)nc(NN)c1. The van der Waals surface area contributed by atoms with Gasteiger partial charge < -0.3 is 10.3 Å². The molecule has 0 saturated heterocycles. The number of hydrazine groups is 1. The van der Waals surface area contributed by atoms with Crippen LogP contribution < -0.4 is 11.3 Å². The number of aromatic nitrogens is 1. The summed E-state index contributed by atoms with van der Waals surface area (Å²) >= 11 is 7.50. The van der Waals surface area contributed by atoms with Gasteiger partial charge in [0.25, 0.3) is 5.91 Å². The van der Waals surface area contributed by atoms with Gasteiger partial charge in [0.15, 0.2) is 0 Å². The van der Waals surface area contributed by atoms with Crippen LogP contribution in [0.15, 0.2) is 29.6 Å². The summed E-state index contributed by atoms with van der Waals surface area (Å²) < 4.78 is 0. The van der Waals surface area contributed by atoms with Crippen LogP contribution in [0, 0.1) is 0 Å². The summed E-state index contributed by atoms with van der Waals surface area (Å²) in [5.74, 6) is 5.53. The minimum atomic E-state index is -0.133. The third kappa shape index (κ3) is 3.09. The van der Waals surface area contributed by atoms with E-state index in [0.717, 1.165) is 4.88 Å². The molecular formula is C13H15ClN4OS. The van der Waals surface area contributed by atoms with Gasteiger partial charge in [0.1, 0.15) is 11.0 Å². The molecule has 106 valence electrons. The highest BCUT2D eigenvalue weighted by Gasteiger charge is 2.20. The zero-order valence-electron chi connectivity index (χ0n) is 11.1. The van der Waals surface area contributed by atoms with Crippen LogP contribution in [0.4, 0.5) is 5.82 Å². The van der Waals surface area contributed by atoms with Gasteiger partial charge in [-0.15, -0.1) is 11.3 Å². The van der Waals surface area contributed by atoms with Crippen LogP contribution in [-0.4, -0.2) is 22.8 Å². The highest BCUT2D eigenvalue weighted by molar-refractivity contribution is 7.10. The molecule has 3 N–H and O–H groups in total. The predicted octanol–water partition coefficient (Wildman–Crippen LogP) is 2.92. The molecule has 0 aliphatic heterocycles. The largest absolute Gasteiger partial charge is 0.334 e. The lowest BCUT2D eigenvalue weighted by molar-refractivity contribution is 0.0745. The van der Waals surface area contributed by atoms with Crippen molar-refractivity contribution in [2.24, 2.45) is 5.84 Å². The summed E-state index contributed by atoms with van der Waals surface area (Å²) in [4.78, 5) is 19.2. The molecule has 7 heteroatoms.